The Balaban J connectivity index is 2.58. The van der Waals surface area contributed by atoms with Crippen LogP contribution < -0.4 is 5.32 Å². The fourth-order valence-electron chi connectivity index (χ4n) is 1.47. The van der Waals surface area contributed by atoms with Gasteiger partial charge >= 0.3 is 0 Å². The lowest BCUT2D eigenvalue weighted by Gasteiger charge is -2.22. The number of hydrogen-bond acceptors (Lipinski definition) is 0. The van der Waals surface area contributed by atoms with Gasteiger partial charge in [-0.3, -0.25) is 0 Å². The van der Waals surface area contributed by atoms with Crippen LogP contribution in [0.2, 0.25) is 10.0 Å². The van der Waals surface area contributed by atoms with Crippen LogP contribution in [0.25, 0.3) is 0 Å². The van der Waals surface area contributed by atoms with Gasteiger partial charge < -0.3 is 0 Å². The van der Waals surface area contributed by atoms with Gasteiger partial charge in [0.2, 0.25) is 0 Å². The maximum absolute atomic E-state index is 6.09. The average Bonchev–Trinajstić information content (AvgIpc) is 2.12. The minimum atomic E-state index is -0.130. The van der Waals surface area contributed by atoms with E-state index in [9.17, 15) is 0 Å². The molecule has 4 heteroatoms. The van der Waals surface area contributed by atoms with Gasteiger partial charge in [-0.05, 0) is 17.2 Å². The topological polar surface area (TPSA) is 14.1 Å². The highest BCUT2D eigenvalue weighted by atomic mass is 35.5. The standard InChI is InChI=1S/C9H7Cl3N/c10-6-2-1-5-3-13-4-7(11)8(5)9(6)12/h1-2,7H,3-4H2. The maximum Gasteiger partial charge on any atom is 0.0744 e. The Kier molecular flexibility index (Phi) is 2.70. The van der Waals surface area contributed by atoms with E-state index in [0.717, 1.165) is 11.1 Å². The highest BCUT2D eigenvalue weighted by Gasteiger charge is 2.22. The molecule has 0 spiro atoms. The van der Waals surface area contributed by atoms with E-state index in [0.29, 0.717) is 23.1 Å². The van der Waals surface area contributed by atoms with Crippen molar-refractivity contribution >= 4 is 34.8 Å². The third kappa shape index (κ3) is 1.66. The number of nitrogens with zero attached hydrogens (tertiary/aromatic N) is 1. The molecule has 1 aromatic carbocycles. The zero-order valence-corrected chi connectivity index (χ0v) is 9.00. The average molecular weight is 236 g/mol. The molecule has 2 rings (SSSR count). The van der Waals surface area contributed by atoms with Gasteiger partial charge in [0.15, 0.2) is 0 Å². The second-order valence-corrected chi connectivity index (χ2v) is 4.28. The lowest BCUT2D eigenvalue weighted by atomic mass is 10.0. The summed E-state index contributed by atoms with van der Waals surface area (Å²) in [5.41, 5.74) is 2.03. The van der Waals surface area contributed by atoms with E-state index < -0.39 is 0 Å². The predicted octanol–water partition coefficient (Wildman–Crippen LogP) is 3.39. The molecule has 69 valence electrons. The monoisotopic (exact) mass is 234 g/mol. The minimum Gasteiger partial charge on any atom is -0.235 e. The highest BCUT2D eigenvalue weighted by Crippen LogP contribution is 2.37. The van der Waals surface area contributed by atoms with Crippen molar-refractivity contribution in [1.82, 2.24) is 5.32 Å². The second kappa shape index (κ2) is 3.66. The molecule has 0 fully saturated rings. The molecule has 1 unspecified atom stereocenters. The number of fused-ring (bicyclic) bond motifs is 1. The molecule has 1 atom stereocenters. The molecule has 1 radical (unpaired) electrons. The van der Waals surface area contributed by atoms with Crippen LogP contribution in [0.15, 0.2) is 12.1 Å². The normalized spacial score (nSPS) is 21.3. The quantitative estimate of drug-likeness (QED) is 0.612. The summed E-state index contributed by atoms with van der Waals surface area (Å²) in [7, 11) is 0. The van der Waals surface area contributed by atoms with Gasteiger partial charge in [0.25, 0.3) is 0 Å². The number of rotatable bonds is 0. The van der Waals surface area contributed by atoms with Crippen molar-refractivity contribution in [2.45, 2.75) is 11.9 Å². The van der Waals surface area contributed by atoms with E-state index in [2.05, 4.69) is 5.32 Å². The molecule has 0 saturated carbocycles. The van der Waals surface area contributed by atoms with Crippen LogP contribution in [-0.2, 0) is 6.54 Å². The summed E-state index contributed by atoms with van der Waals surface area (Å²) in [5.74, 6) is 0. The van der Waals surface area contributed by atoms with Crippen LogP contribution in [0.4, 0.5) is 0 Å². The van der Waals surface area contributed by atoms with Crippen LogP contribution in [0.5, 0.6) is 0 Å². The van der Waals surface area contributed by atoms with E-state index in [1.165, 1.54) is 0 Å². The summed E-state index contributed by atoms with van der Waals surface area (Å²) < 4.78 is 0. The van der Waals surface area contributed by atoms with Crippen LogP contribution in [0, 0.1) is 0 Å². The van der Waals surface area contributed by atoms with Gasteiger partial charge in [0.1, 0.15) is 0 Å². The number of alkyl halides is 1. The fourth-order valence-corrected chi connectivity index (χ4v) is 2.36. The molecule has 1 heterocycles. The molecule has 1 aliphatic heterocycles. The first-order chi connectivity index (χ1) is 6.20. The Labute approximate surface area is 92.0 Å². The van der Waals surface area contributed by atoms with Gasteiger partial charge in [-0.2, -0.15) is 0 Å². The molecule has 1 aromatic rings. The Morgan fingerprint density at radius 1 is 1.31 bits per heavy atom. The van der Waals surface area contributed by atoms with E-state index in [4.69, 9.17) is 34.8 Å². The van der Waals surface area contributed by atoms with Gasteiger partial charge in [-0.1, -0.05) is 29.3 Å². The van der Waals surface area contributed by atoms with Crippen molar-refractivity contribution in [3.8, 4) is 0 Å². The first-order valence-electron chi connectivity index (χ1n) is 3.94. The summed E-state index contributed by atoms with van der Waals surface area (Å²) in [6, 6.07) is 3.72. The van der Waals surface area contributed by atoms with Gasteiger partial charge in [0, 0.05) is 13.1 Å². The zero-order chi connectivity index (χ0) is 9.42. The predicted molar refractivity (Wildman–Crippen MR) is 55.8 cm³/mol. The Morgan fingerprint density at radius 2 is 2.08 bits per heavy atom. The fraction of sp³-hybridized carbons (Fsp3) is 0.333. The third-order valence-corrected chi connectivity index (χ3v) is 3.28. The Morgan fingerprint density at radius 3 is 2.85 bits per heavy atom. The summed E-state index contributed by atoms with van der Waals surface area (Å²) in [4.78, 5) is 0. The molecular weight excluding hydrogens is 228 g/mol. The molecule has 0 bridgehead atoms. The number of halogens is 3. The third-order valence-electron chi connectivity index (χ3n) is 2.11. The number of benzene rings is 1. The van der Waals surface area contributed by atoms with Gasteiger partial charge in [-0.15, -0.1) is 11.6 Å². The molecule has 13 heavy (non-hydrogen) atoms. The smallest absolute Gasteiger partial charge is 0.0744 e. The summed E-state index contributed by atoms with van der Waals surface area (Å²) in [6.07, 6.45) is 0. The SMILES string of the molecule is Clc1ccc2c(c1Cl)C(Cl)C[N]C2. The molecule has 0 saturated heterocycles. The molecular formula is C9H7Cl3N. The zero-order valence-electron chi connectivity index (χ0n) is 6.73. The maximum atomic E-state index is 6.09. The number of hydrogen-bond donors (Lipinski definition) is 0. The van der Waals surface area contributed by atoms with Crippen LogP contribution >= 0.6 is 34.8 Å². The van der Waals surface area contributed by atoms with Crippen molar-refractivity contribution in [3.63, 3.8) is 0 Å². The Bertz CT molecular complexity index is 338. The van der Waals surface area contributed by atoms with Gasteiger partial charge in [0.05, 0.1) is 15.4 Å². The summed E-state index contributed by atoms with van der Waals surface area (Å²) in [5, 5.41) is 5.25. The van der Waals surface area contributed by atoms with E-state index in [1.807, 2.05) is 6.07 Å². The van der Waals surface area contributed by atoms with Crippen molar-refractivity contribution in [2.24, 2.45) is 0 Å². The molecule has 0 amide bonds. The largest absolute Gasteiger partial charge is 0.235 e. The van der Waals surface area contributed by atoms with E-state index in [-0.39, 0.29) is 5.38 Å². The lowest BCUT2D eigenvalue weighted by molar-refractivity contribution is 0.617. The van der Waals surface area contributed by atoms with Crippen LogP contribution in [0.3, 0.4) is 0 Å². The van der Waals surface area contributed by atoms with Crippen LogP contribution in [0.1, 0.15) is 16.5 Å². The summed E-state index contributed by atoms with van der Waals surface area (Å²) >= 11 is 18.0. The minimum absolute atomic E-state index is 0.130. The molecule has 1 aliphatic rings. The van der Waals surface area contributed by atoms with Crippen LogP contribution in [-0.4, -0.2) is 6.54 Å². The van der Waals surface area contributed by atoms with Gasteiger partial charge in [-0.25, -0.2) is 5.32 Å². The Hall–Kier alpha value is 0.0500. The van der Waals surface area contributed by atoms with Crippen molar-refractivity contribution in [1.29, 1.82) is 0 Å². The second-order valence-electron chi connectivity index (χ2n) is 2.97. The molecule has 0 aromatic heterocycles. The van der Waals surface area contributed by atoms with E-state index >= 15 is 0 Å². The van der Waals surface area contributed by atoms with Crippen molar-refractivity contribution in [2.75, 3.05) is 6.54 Å². The lowest BCUT2D eigenvalue weighted by Crippen LogP contribution is -2.20. The van der Waals surface area contributed by atoms with Crippen molar-refractivity contribution < 1.29 is 0 Å². The first kappa shape index (κ1) is 9.60. The molecule has 0 N–H and O–H groups in total. The highest BCUT2D eigenvalue weighted by molar-refractivity contribution is 6.43. The van der Waals surface area contributed by atoms with Crippen molar-refractivity contribution in [3.05, 3.63) is 33.3 Å². The summed E-state index contributed by atoms with van der Waals surface area (Å²) in [6.45, 7) is 1.31. The molecule has 0 aliphatic carbocycles. The first-order valence-corrected chi connectivity index (χ1v) is 5.13. The van der Waals surface area contributed by atoms with E-state index in [1.54, 1.807) is 6.07 Å². The molecule has 1 nitrogen and oxygen atoms in total.